The molecule has 2 rings (SSSR count). The number of carbonyl (C=O) groups is 2. The third-order valence-corrected chi connectivity index (χ3v) is 3.61. The zero-order valence-corrected chi connectivity index (χ0v) is 13.3. The average molecular weight is 363 g/mol. The van der Waals surface area contributed by atoms with Gasteiger partial charge in [0, 0.05) is 23.1 Å². The lowest BCUT2D eigenvalue weighted by molar-refractivity contribution is 0.0927. The fourth-order valence-electron chi connectivity index (χ4n) is 1.84. The smallest absolute Gasteiger partial charge is 0.252 e. The summed E-state index contributed by atoms with van der Waals surface area (Å²) in [4.78, 5) is 23.8. The molecule has 0 saturated heterocycles. The van der Waals surface area contributed by atoms with Crippen LogP contribution in [0.1, 0.15) is 20.7 Å². The van der Waals surface area contributed by atoms with Crippen molar-refractivity contribution in [1.29, 1.82) is 0 Å². The molecule has 0 heterocycles. The van der Waals surface area contributed by atoms with Gasteiger partial charge in [-0.1, -0.05) is 18.2 Å². The highest BCUT2D eigenvalue weighted by molar-refractivity contribution is 9.10. The molecule has 0 aliphatic carbocycles. The Morgan fingerprint density at radius 3 is 2.32 bits per heavy atom. The standard InChI is InChI=1S/C16H15BrN2O3/c17-14-7-2-1-6-13(14)16(22)19-9-8-18-15(21)11-4-3-5-12(20)10-11/h1-7,10,20H,8-9H2,(H,18,21)(H,19,22). The van der Waals surface area contributed by atoms with Crippen molar-refractivity contribution < 1.29 is 14.7 Å². The van der Waals surface area contributed by atoms with Crippen molar-refractivity contribution in [2.75, 3.05) is 13.1 Å². The second-order valence-electron chi connectivity index (χ2n) is 4.54. The molecule has 22 heavy (non-hydrogen) atoms. The first-order chi connectivity index (χ1) is 10.6. The lowest BCUT2D eigenvalue weighted by Gasteiger charge is -2.08. The molecule has 0 unspecified atom stereocenters. The van der Waals surface area contributed by atoms with Gasteiger partial charge in [0.2, 0.25) is 0 Å². The third-order valence-electron chi connectivity index (χ3n) is 2.92. The van der Waals surface area contributed by atoms with Crippen molar-refractivity contribution in [3.63, 3.8) is 0 Å². The van der Waals surface area contributed by atoms with Gasteiger partial charge in [-0.25, -0.2) is 0 Å². The third kappa shape index (κ3) is 4.33. The highest BCUT2D eigenvalue weighted by Crippen LogP contribution is 2.15. The molecule has 6 heteroatoms. The molecule has 2 aromatic rings. The molecular formula is C16H15BrN2O3. The number of phenols is 1. The first-order valence-electron chi connectivity index (χ1n) is 6.68. The monoisotopic (exact) mass is 362 g/mol. The molecule has 114 valence electrons. The van der Waals surface area contributed by atoms with Gasteiger partial charge in [-0.05, 0) is 46.3 Å². The number of rotatable bonds is 5. The Labute approximate surface area is 136 Å². The zero-order chi connectivity index (χ0) is 15.9. The predicted molar refractivity (Wildman–Crippen MR) is 86.9 cm³/mol. The van der Waals surface area contributed by atoms with E-state index in [2.05, 4.69) is 26.6 Å². The molecule has 0 aliphatic heterocycles. The van der Waals surface area contributed by atoms with E-state index in [0.717, 1.165) is 4.47 Å². The summed E-state index contributed by atoms with van der Waals surface area (Å²) >= 11 is 3.31. The van der Waals surface area contributed by atoms with E-state index in [-0.39, 0.29) is 17.6 Å². The van der Waals surface area contributed by atoms with E-state index >= 15 is 0 Å². The van der Waals surface area contributed by atoms with Crippen LogP contribution in [-0.4, -0.2) is 30.0 Å². The van der Waals surface area contributed by atoms with Crippen LogP contribution in [0.3, 0.4) is 0 Å². The second kappa shape index (κ2) is 7.61. The number of hydrogen-bond donors (Lipinski definition) is 3. The van der Waals surface area contributed by atoms with E-state index in [1.165, 1.54) is 12.1 Å². The van der Waals surface area contributed by atoms with E-state index in [0.29, 0.717) is 24.2 Å². The summed E-state index contributed by atoms with van der Waals surface area (Å²) < 4.78 is 0.719. The van der Waals surface area contributed by atoms with Crippen LogP contribution in [0, 0.1) is 0 Å². The van der Waals surface area contributed by atoms with Gasteiger partial charge in [0.1, 0.15) is 5.75 Å². The fraction of sp³-hybridized carbons (Fsp3) is 0.125. The molecule has 0 radical (unpaired) electrons. The van der Waals surface area contributed by atoms with Crippen LogP contribution in [0.5, 0.6) is 5.75 Å². The molecule has 5 nitrogen and oxygen atoms in total. The van der Waals surface area contributed by atoms with Crippen LogP contribution in [0.4, 0.5) is 0 Å². The minimum Gasteiger partial charge on any atom is -0.508 e. The van der Waals surface area contributed by atoms with Gasteiger partial charge in [-0.3, -0.25) is 9.59 Å². The molecule has 0 aliphatic rings. The van der Waals surface area contributed by atoms with Crippen LogP contribution in [0.25, 0.3) is 0 Å². The quantitative estimate of drug-likeness (QED) is 0.714. The van der Waals surface area contributed by atoms with Crippen molar-refractivity contribution >= 4 is 27.7 Å². The summed E-state index contributed by atoms with van der Waals surface area (Å²) in [5, 5.41) is 14.7. The zero-order valence-electron chi connectivity index (χ0n) is 11.7. The maximum absolute atomic E-state index is 11.9. The molecule has 2 amide bonds. The van der Waals surface area contributed by atoms with E-state index in [4.69, 9.17) is 0 Å². The Kier molecular flexibility index (Phi) is 5.55. The average Bonchev–Trinajstić information content (AvgIpc) is 2.51. The summed E-state index contributed by atoms with van der Waals surface area (Å²) in [6.45, 7) is 0.607. The largest absolute Gasteiger partial charge is 0.508 e. The highest BCUT2D eigenvalue weighted by Gasteiger charge is 2.09. The SMILES string of the molecule is O=C(NCCNC(=O)c1ccccc1Br)c1cccc(O)c1. The normalized spacial score (nSPS) is 10.0. The number of halogens is 1. The number of hydrogen-bond acceptors (Lipinski definition) is 3. The number of nitrogens with one attached hydrogen (secondary N) is 2. The Morgan fingerprint density at radius 1 is 0.955 bits per heavy atom. The topological polar surface area (TPSA) is 78.4 Å². The van der Waals surface area contributed by atoms with Crippen molar-refractivity contribution in [2.45, 2.75) is 0 Å². The minimum atomic E-state index is -0.300. The second-order valence-corrected chi connectivity index (χ2v) is 5.40. The lowest BCUT2D eigenvalue weighted by atomic mass is 10.2. The minimum absolute atomic E-state index is 0.0369. The van der Waals surface area contributed by atoms with Crippen LogP contribution < -0.4 is 10.6 Å². The van der Waals surface area contributed by atoms with Crippen molar-refractivity contribution in [1.82, 2.24) is 10.6 Å². The van der Waals surface area contributed by atoms with Crippen molar-refractivity contribution in [3.05, 3.63) is 64.1 Å². The first-order valence-corrected chi connectivity index (χ1v) is 7.47. The maximum Gasteiger partial charge on any atom is 0.252 e. The van der Waals surface area contributed by atoms with Crippen LogP contribution in [0.2, 0.25) is 0 Å². The predicted octanol–water partition coefficient (Wildman–Crippen LogP) is 2.31. The lowest BCUT2D eigenvalue weighted by Crippen LogP contribution is -2.34. The molecule has 2 aromatic carbocycles. The fourth-order valence-corrected chi connectivity index (χ4v) is 2.31. The van der Waals surface area contributed by atoms with Crippen molar-refractivity contribution in [3.8, 4) is 5.75 Å². The van der Waals surface area contributed by atoms with Crippen LogP contribution in [0.15, 0.2) is 53.0 Å². The first kappa shape index (κ1) is 16.0. The van der Waals surface area contributed by atoms with E-state index in [9.17, 15) is 14.7 Å². The summed E-state index contributed by atoms with van der Waals surface area (Å²) in [6, 6.07) is 13.2. The summed E-state index contributed by atoms with van der Waals surface area (Å²) in [5.41, 5.74) is 0.916. The Bertz CT molecular complexity index is 689. The van der Waals surface area contributed by atoms with Gasteiger partial charge in [0.25, 0.3) is 11.8 Å². The Balaban J connectivity index is 1.79. The molecule has 0 atom stereocenters. The van der Waals surface area contributed by atoms with E-state index in [1.54, 1.807) is 30.3 Å². The number of phenolic OH excluding ortho intramolecular Hbond substituents is 1. The summed E-state index contributed by atoms with van der Waals surface area (Å²) in [7, 11) is 0. The molecule has 0 fully saturated rings. The number of benzene rings is 2. The van der Waals surface area contributed by atoms with Crippen LogP contribution >= 0.6 is 15.9 Å². The molecule has 3 N–H and O–H groups in total. The van der Waals surface area contributed by atoms with Gasteiger partial charge >= 0.3 is 0 Å². The summed E-state index contributed by atoms with van der Waals surface area (Å²) in [6.07, 6.45) is 0. The van der Waals surface area contributed by atoms with Crippen LogP contribution in [-0.2, 0) is 0 Å². The maximum atomic E-state index is 11.9. The van der Waals surface area contributed by atoms with E-state index < -0.39 is 0 Å². The van der Waals surface area contributed by atoms with Crippen molar-refractivity contribution in [2.24, 2.45) is 0 Å². The number of carbonyl (C=O) groups excluding carboxylic acids is 2. The Hall–Kier alpha value is -2.34. The Morgan fingerprint density at radius 2 is 1.64 bits per heavy atom. The summed E-state index contributed by atoms with van der Waals surface area (Å²) in [5.74, 6) is -0.472. The van der Waals surface area contributed by atoms with Gasteiger partial charge in [0.15, 0.2) is 0 Å². The highest BCUT2D eigenvalue weighted by atomic mass is 79.9. The number of amides is 2. The van der Waals surface area contributed by atoms with Gasteiger partial charge in [-0.2, -0.15) is 0 Å². The molecule has 0 bridgehead atoms. The molecule has 0 aromatic heterocycles. The van der Waals surface area contributed by atoms with E-state index in [1.807, 2.05) is 6.07 Å². The number of aromatic hydroxyl groups is 1. The molecule has 0 spiro atoms. The van der Waals surface area contributed by atoms with Gasteiger partial charge in [-0.15, -0.1) is 0 Å². The molecule has 0 saturated carbocycles. The van der Waals surface area contributed by atoms with Gasteiger partial charge in [0.05, 0.1) is 5.56 Å². The van der Waals surface area contributed by atoms with Gasteiger partial charge < -0.3 is 15.7 Å². The molecular weight excluding hydrogens is 348 g/mol.